The summed E-state index contributed by atoms with van der Waals surface area (Å²) in [5, 5.41) is 0. The fraction of sp³-hybridized carbons (Fsp3) is 0.214. The number of aryl methyl sites for hydroxylation is 1. The molecule has 1 unspecified atom stereocenters. The Morgan fingerprint density at radius 3 is 2.84 bits per heavy atom. The van der Waals surface area contributed by atoms with Gasteiger partial charge in [-0.2, -0.15) is 0 Å². The zero-order valence-corrected chi connectivity index (χ0v) is 12.1. The van der Waals surface area contributed by atoms with E-state index in [4.69, 9.17) is 5.84 Å². The van der Waals surface area contributed by atoms with Gasteiger partial charge in [0.25, 0.3) is 0 Å². The molecule has 0 aliphatic heterocycles. The molecule has 2 aromatic rings. The van der Waals surface area contributed by atoms with Gasteiger partial charge in [0.05, 0.1) is 6.04 Å². The molecule has 1 aromatic carbocycles. The molecular weight excluding hydrogens is 309 g/mol. The van der Waals surface area contributed by atoms with Crippen molar-refractivity contribution in [1.29, 1.82) is 0 Å². The Morgan fingerprint density at radius 1 is 1.37 bits per heavy atom. The van der Waals surface area contributed by atoms with E-state index in [2.05, 4.69) is 26.3 Å². The first-order chi connectivity index (χ1) is 9.17. The van der Waals surface area contributed by atoms with Gasteiger partial charge in [0.2, 0.25) is 0 Å². The summed E-state index contributed by atoms with van der Waals surface area (Å²) in [6.07, 6.45) is 4.29. The van der Waals surface area contributed by atoms with Gasteiger partial charge in [-0.25, -0.2) is 9.82 Å². The summed E-state index contributed by atoms with van der Waals surface area (Å²) in [7, 11) is 0. The van der Waals surface area contributed by atoms with Gasteiger partial charge in [0, 0.05) is 22.4 Å². The van der Waals surface area contributed by atoms with E-state index in [1.807, 2.05) is 13.0 Å². The van der Waals surface area contributed by atoms with Crippen LogP contribution in [0, 0.1) is 5.82 Å². The van der Waals surface area contributed by atoms with Crippen LogP contribution in [0.4, 0.5) is 4.39 Å². The fourth-order valence-electron chi connectivity index (χ4n) is 2.10. The third-order valence-corrected chi connectivity index (χ3v) is 3.56. The molecule has 0 bridgehead atoms. The molecule has 1 heterocycles. The van der Waals surface area contributed by atoms with Crippen molar-refractivity contribution >= 4 is 15.9 Å². The summed E-state index contributed by atoms with van der Waals surface area (Å²) >= 11 is 3.35. The minimum absolute atomic E-state index is 0.287. The predicted octanol–water partition coefficient (Wildman–Crippen LogP) is 3.10. The van der Waals surface area contributed by atoms with E-state index < -0.39 is 6.04 Å². The third kappa shape index (κ3) is 3.00. The first-order valence-corrected chi connectivity index (χ1v) is 6.80. The number of nitrogens with zero attached hydrogens (tertiary/aromatic N) is 1. The van der Waals surface area contributed by atoms with E-state index in [1.54, 1.807) is 24.5 Å². The zero-order valence-electron chi connectivity index (χ0n) is 10.5. The van der Waals surface area contributed by atoms with Crippen LogP contribution in [-0.2, 0) is 6.42 Å². The lowest BCUT2D eigenvalue weighted by atomic mass is 9.95. The van der Waals surface area contributed by atoms with Crippen molar-refractivity contribution in [3.8, 4) is 0 Å². The van der Waals surface area contributed by atoms with Gasteiger partial charge >= 0.3 is 0 Å². The largest absolute Gasteiger partial charge is 0.271 e. The van der Waals surface area contributed by atoms with Gasteiger partial charge in [0.15, 0.2) is 0 Å². The van der Waals surface area contributed by atoms with Crippen molar-refractivity contribution in [2.45, 2.75) is 19.4 Å². The lowest BCUT2D eigenvalue weighted by molar-refractivity contribution is 0.557. The van der Waals surface area contributed by atoms with E-state index in [0.717, 1.165) is 22.0 Å². The predicted molar refractivity (Wildman–Crippen MR) is 76.9 cm³/mol. The molecule has 0 aliphatic carbocycles. The normalized spacial score (nSPS) is 12.4. The molecule has 1 atom stereocenters. The number of rotatable bonds is 4. The highest BCUT2D eigenvalue weighted by atomic mass is 79.9. The third-order valence-electron chi connectivity index (χ3n) is 3.07. The molecule has 0 radical (unpaired) electrons. The Kier molecular flexibility index (Phi) is 4.63. The number of benzene rings is 1. The van der Waals surface area contributed by atoms with Crippen LogP contribution in [0.25, 0.3) is 0 Å². The Hall–Kier alpha value is -1.30. The number of aromatic nitrogens is 1. The van der Waals surface area contributed by atoms with Crippen LogP contribution in [-0.4, -0.2) is 4.98 Å². The van der Waals surface area contributed by atoms with Crippen molar-refractivity contribution < 1.29 is 4.39 Å². The zero-order chi connectivity index (χ0) is 13.8. The lowest BCUT2D eigenvalue weighted by Gasteiger charge is -2.20. The average Bonchev–Trinajstić information content (AvgIpc) is 2.44. The second-order valence-corrected chi connectivity index (χ2v) is 5.11. The van der Waals surface area contributed by atoms with Crippen LogP contribution in [0.15, 0.2) is 41.1 Å². The minimum atomic E-state index is -0.393. The Balaban J connectivity index is 2.53. The van der Waals surface area contributed by atoms with Crippen LogP contribution in [0.5, 0.6) is 0 Å². The highest BCUT2D eigenvalue weighted by molar-refractivity contribution is 9.10. The molecular formula is C14H15BrFN3. The van der Waals surface area contributed by atoms with Gasteiger partial charge in [-0.05, 0) is 41.8 Å². The Bertz CT molecular complexity index is 574. The molecule has 19 heavy (non-hydrogen) atoms. The SMILES string of the molecule is CCc1cnccc1C(NN)c1cc(Br)ccc1F. The van der Waals surface area contributed by atoms with Gasteiger partial charge in [-0.3, -0.25) is 10.8 Å². The van der Waals surface area contributed by atoms with Crippen LogP contribution in [0.1, 0.15) is 29.7 Å². The van der Waals surface area contributed by atoms with Crippen molar-refractivity contribution in [2.75, 3.05) is 0 Å². The highest BCUT2D eigenvalue weighted by Gasteiger charge is 2.19. The summed E-state index contributed by atoms with van der Waals surface area (Å²) in [6, 6.07) is 6.30. The molecule has 0 amide bonds. The van der Waals surface area contributed by atoms with E-state index >= 15 is 0 Å². The molecule has 0 fully saturated rings. The molecule has 100 valence electrons. The fourth-order valence-corrected chi connectivity index (χ4v) is 2.48. The summed E-state index contributed by atoms with van der Waals surface area (Å²) in [5.74, 6) is 5.34. The summed E-state index contributed by atoms with van der Waals surface area (Å²) in [4.78, 5) is 4.09. The molecule has 0 saturated heterocycles. The first kappa shape index (κ1) is 14.1. The smallest absolute Gasteiger partial charge is 0.128 e. The molecule has 1 aromatic heterocycles. The quantitative estimate of drug-likeness (QED) is 0.671. The summed E-state index contributed by atoms with van der Waals surface area (Å²) in [5.41, 5.74) is 5.19. The van der Waals surface area contributed by atoms with Crippen molar-refractivity contribution in [1.82, 2.24) is 10.4 Å². The second-order valence-electron chi connectivity index (χ2n) is 4.19. The maximum absolute atomic E-state index is 14.0. The molecule has 0 saturated carbocycles. The lowest BCUT2D eigenvalue weighted by Crippen LogP contribution is -2.30. The molecule has 5 heteroatoms. The van der Waals surface area contributed by atoms with Crippen molar-refractivity contribution in [2.24, 2.45) is 5.84 Å². The van der Waals surface area contributed by atoms with Gasteiger partial charge in [-0.1, -0.05) is 22.9 Å². The van der Waals surface area contributed by atoms with E-state index in [1.165, 1.54) is 6.07 Å². The maximum Gasteiger partial charge on any atom is 0.128 e. The number of hydrogen-bond acceptors (Lipinski definition) is 3. The van der Waals surface area contributed by atoms with Crippen LogP contribution >= 0.6 is 15.9 Å². The summed E-state index contributed by atoms with van der Waals surface area (Å²) in [6.45, 7) is 2.03. The van der Waals surface area contributed by atoms with Crippen molar-refractivity contribution in [3.05, 3.63) is 63.6 Å². The number of halogens is 2. The van der Waals surface area contributed by atoms with Gasteiger partial charge in [-0.15, -0.1) is 0 Å². The maximum atomic E-state index is 14.0. The Labute approximate surface area is 120 Å². The Morgan fingerprint density at radius 2 is 2.16 bits per heavy atom. The summed E-state index contributed by atoms with van der Waals surface area (Å²) < 4.78 is 14.8. The minimum Gasteiger partial charge on any atom is -0.271 e. The number of hydrogen-bond donors (Lipinski definition) is 2. The highest BCUT2D eigenvalue weighted by Crippen LogP contribution is 2.28. The molecule has 3 N–H and O–H groups in total. The van der Waals surface area contributed by atoms with Gasteiger partial charge in [0.1, 0.15) is 5.82 Å². The molecule has 2 rings (SSSR count). The first-order valence-electron chi connectivity index (χ1n) is 6.01. The van der Waals surface area contributed by atoms with Crippen LogP contribution in [0.3, 0.4) is 0 Å². The number of nitrogens with one attached hydrogen (secondary N) is 1. The average molecular weight is 324 g/mol. The number of nitrogens with two attached hydrogens (primary N) is 1. The van der Waals surface area contributed by atoms with Crippen LogP contribution in [0.2, 0.25) is 0 Å². The number of pyridine rings is 1. The van der Waals surface area contributed by atoms with Gasteiger partial charge < -0.3 is 0 Å². The second kappa shape index (κ2) is 6.23. The number of hydrazine groups is 1. The standard InChI is InChI=1S/C14H15BrFN3/c1-2-9-8-18-6-5-11(9)14(19-17)12-7-10(15)3-4-13(12)16/h3-8,14,19H,2,17H2,1H3. The van der Waals surface area contributed by atoms with E-state index in [9.17, 15) is 4.39 Å². The van der Waals surface area contributed by atoms with E-state index in [-0.39, 0.29) is 5.82 Å². The van der Waals surface area contributed by atoms with Crippen molar-refractivity contribution in [3.63, 3.8) is 0 Å². The van der Waals surface area contributed by atoms with Crippen LogP contribution < -0.4 is 11.3 Å². The topological polar surface area (TPSA) is 50.9 Å². The monoisotopic (exact) mass is 323 g/mol. The molecule has 0 aliphatic rings. The molecule has 3 nitrogen and oxygen atoms in total. The molecule has 0 spiro atoms. The van der Waals surface area contributed by atoms with E-state index in [0.29, 0.717) is 5.56 Å².